The van der Waals surface area contributed by atoms with E-state index in [4.69, 9.17) is 11.6 Å². The van der Waals surface area contributed by atoms with Gasteiger partial charge in [-0.3, -0.25) is 4.79 Å². The number of hydrogen-bond donors (Lipinski definition) is 2. The smallest absolute Gasteiger partial charge is 0.279 e. The Morgan fingerprint density at radius 3 is 2.62 bits per heavy atom. The van der Waals surface area contributed by atoms with E-state index >= 15 is 0 Å². The standard InChI is InChI=1S/C20H19ClN2O/c1-14(16-7-4-8-18(21)11-16)22-13-20(24)23-19-10-9-15-5-2-3-6-17(15)12-19/h2-12,14,22H,13H2,1H3,(H,23,24)/p+1/t14-/m1/s1. The van der Waals surface area contributed by atoms with Gasteiger partial charge in [-0.15, -0.1) is 0 Å². The first-order chi connectivity index (χ1) is 11.6. The number of carbonyl (C=O) groups is 1. The second-order valence-electron chi connectivity index (χ2n) is 5.89. The van der Waals surface area contributed by atoms with Gasteiger partial charge in [0.2, 0.25) is 0 Å². The first-order valence-corrected chi connectivity index (χ1v) is 8.37. The van der Waals surface area contributed by atoms with Gasteiger partial charge in [0.1, 0.15) is 6.04 Å². The Morgan fingerprint density at radius 1 is 1.04 bits per heavy atom. The largest absolute Gasteiger partial charge is 0.333 e. The molecule has 0 heterocycles. The maximum atomic E-state index is 12.2. The van der Waals surface area contributed by atoms with Crippen LogP contribution in [0.2, 0.25) is 5.02 Å². The maximum Gasteiger partial charge on any atom is 0.279 e. The molecule has 3 N–H and O–H groups in total. The Morgan fingerprint density at radius 2 is 1.83 bits per heavy atom. The van der Waals surface area contributed by atoms with Gasteiger partial charge in [0, 0.05) is 16.3 Å². The third-order valence-corrected chi connectivity index (χ3v) is 4.30. The first kappa shape index (κ1) is 16.5. The highest BCUT2D eigenvalue weighted by atomic mass is 35.5. The monoisotopic (exact) mass is 339 g/mol. The number of hydrogen-bond acceptors (Lipinski definition) is 1. The summed E-state index contributed by atoms with van der Waals surface area (Å²) >= 11 is 6.01. The quantitative estimate of drug-likeness (QED) is 0.730. The average molecular weight is 340 g/mol. The number of halogens is 1. The molecule has 1 amide bonds. The second kappa shape index (κ2) is 7.47. The van der Waals surface area contributed by atoms with Gasteiger partial charge in [0.05, 0.1) is 0 Å². The highest BCUT2D eigenvalue weighted by molar-refractivity contribution is 6.30. The fraction of sp³-hybridized carbons (Fsp3) is 0.150. The van der Waals surface area contributed by atoms with E-state index in [-0.39, 0.29) is 11.9 Å². The molecule has 0 aromatic heterocycles. The summed E-state index contributed by atoms with van der Waals surface area (Å²) in [6.45, 7) is 2.43. The highest BCUT2D eigenvalue weighted by Gasteiger charge is 2.12. The first-order valence-electron chi connectivity index (χ1n) is 7.99. The van der Waals surface area contributed by atoms with Crippen LogP contribution in [0.15, 0.2) is 66.7 Å². The highest BCUT2D eigenvalue weighted by Crippen LogP contribution is 2.18. The maximum absolute atomic E-state index is 12.2. The minimum atomic E-state index is -0.0147. The molecule has 0 unspecified atom stereocenters. The van der Waals surface area contributed by atoms with E-state index in [0.29, 0.717) is 11.6 Å². The predicted octanol–water partition coefficient (Wildman–Crippen LogP) is 3.76. The summed E-state index contributed by atoms with van der Waals surface area (Å²) in [5.41, 5.74) is 1.93. The zero-order valence-electron chi connectivity index (χ0n) is 13.5. The Hall–Kier alpha value is -2.36. The number of fused-ring (bicyclic) bond motifs is 1. The van der Waals surface area contributed by atoms with Crippen LogP contribution in [0.1, 0.15) is 18.5 Å². The molecule has 0 aliphatic rings. The number of amides is 1. The molecule has 0 radical (unpaired) electrons. The second-order valence-corrected chi connectivity index (χ2v) is 6.33. The molecule has 1 atom stereocenters. The Kier molecular flexibility index (Phi) is 5.14. The van der Waals surface area contributed by atoms with Crippen molar-refractivity contribution < 1.29 is 10.1 Å². The van der Waals surface area contributed by atoms with E-state index in [1.165, 1.54) is 0 Å². The summed E-state index contributed by atoms with van der Waals surface area (Å²) < 4.78 is 0. The fourth-order valence-corrected chi connectivity index (χ4v) is 2.89. The molecular weight excluding hydrogens is 320 g/mol. The molecule has 4 heteroatoms. The molecule has 3 rings (SSSR count). The van der Waals surface area contributed by atoms with Crippen molar-refractivity contribution in [1.82, 2.24) is 0 Å². The summed E-state index contributed by atoms with van der Waals surface area (Å²) in [4.78, 5) is 12.2. The van der Waals surface area contributed by atoms with Gasteiger partial charge < -0.3 is 10.6 Å². The van der Waals surface area contributed by atoms with Gasteiger partial charge in [-0.05, 0) is 42.0 Å². The van der Waals surface area contributed by atoms with Crippen molar-refractivity contribution in [1.29, 1.82) is 0 Å². The lowest BCUT2D eigenvalue weighted by molar-refractivity contribution is -0.682. The molecule has 122 valence electrons. The van der Waals surface area contributed by atoms with Crippen molar-refractivity contribution in [3.8, 4) is 0 Å². The number of nitrogens with one attached hydrogen (secondary N) is 1. The lowest BCUT2D eigenvalue weighted by Crippen LogP contribution is -2.86. The Labute approximate surface area is 146 Å². The van der Waals surface area contributed by atoms with Gasteiger partial charge in [0.25, 0.3) is 5.91 Å². The molecular formula is C20H20ClN2O+. The molecule has 0 saturated heterocycles. The van der Waals surface area contributed by atoms with E-state index < -0.39 is 0 Å². The zero-order chi connectivity index (χ0) is 16.9. The summed E-state index contributed by atoms with van der Waals surface area (Å²) in [6.07, 6.45) is 0. The summed E-state index contributed by atoms with van der Waals surface area (Å²) in [7, 11) is 0. The van der Waals surface area contributed by atoms with Crippen molar-refractivity contribution >= 4 is 34.0 Å². The van der Waals surface area contributed by atoms with Crippen molar-refractivity contribution in [2.45, 2.75) is 13.0 Å². The van der Waals surface area contributed by atoms with E-state index in [2.05, 4.69) is 18.3 Å². The van der Waals surface area contributed by atoms with E-state index in [1.54, 1.807) is 0 Å². The fourth-order valence-electron chi connectivity index (χ4n) is 2.69. The zero-order valence-corrected chi connectivity index (χ0v) is 14.3. The molecule has 0 spiro atoms. The molecule has 0 bridgehead atoms. The normalized spacial score (nSPS) is 12.1. The predicted molar refractivity (Wildman–Crippen MR) is 99.2 cm³/mol. The lowest BCUT2D eigenvalue weighted by Gasteiger charge is -2.12. The summed E-state index contributed by atoms with van der Waals surface area (Å²) in [6, 6.07) is 21.9. The number of carbonyl (C=O) groups excluding carboxylic acids is 1. The van der Waals surface area contributed by atoms with E-state index in [1.807, 2.05) is 66.0 Å². The molecule has 24 heavy (non-hydrogen) atoms. The molecule has 3 aromatic rings. The van der Waals surface area contributed by atoms with Crippen LogP contribution in [0.4, 0.5) is 5.69 Å². The van der Waals surface area contributed by atoms with Crippen LogP contribution in [0.3, 0.4) is 0 Å². The molecule has 0 aliphatic carbocycles. The molecule has 3 nitrogen and oxygen atoms in total. The molecule has 3 aromatic carbocycles. The minimum Gasteiger partial charge on any atom is -0.333 e. The van der Waals surface area contributed by atoms with E-state index in [9.17, 15) is 4.79 Å². The number of rotatable bonds is 5. The Bertz CT molecular complexity index is 863. The van der Waals surface area contributed by atoms with Gasteiger partial charge in [-0.1, -0.05) is 54.1 Å². The molecule has 0 saturated carbocycles. The van der Waals surface area contributed by atoms with Crippen LogP contribution in [0.5, 0.6) is 0 Å². The van der Waals surface area contributed by atoms with Crippen LogP contribution in [-0.4, -0.2) is 12.5 Å². The van der Waals surface area contributed by atoms with Gasteiger partial charge in [-0.25, -0.2) is 0 Å². The van der Waals surface area contributed by atoms with Gasteiger partial charge in [0.15, 0.2) is 6.54 Å². The van der Waals surface area contributed by atoms with Crippen molar-refractivity contribution in [3.63, 3.8) is 0 Å². The number of anilines is 1. The van der Waals surface area contributed by atoms with Crippen LogP contribution < -0.4 is 10.6 Å². The van der Waals surface area contributed by atoms with Gasteiger partial charge in [-0.2, -0.15) is 0 Å². The van der Waals surface area contributed by atoms with Crippen LogP contribution in [-0.2, 0) is 4.79 Å². The topological polar surface area (TPSA) is 45.7 Å². The lowest BCUT2D eigenvalue weighted by atomic mass is 10.1. The average Bonchev–Trinajstić information content (AvgIpc) is 2.59. The molecule has 0 fully saturated rings. The number of quaternary nitrogens is 1. The number of nitrogens with two attached hydrogens (primary N) is 1. The molecule has 0 aliphatic heterocycles. The van der Waals surface area contributed by atoms with Crippen molar-refractivity contribution in [3.05, 3.63) is 77.3 Å². The SMILES string of the molecule is C[C@@H]([NH2+]CC(=O)Nc1ccc2ccccc2c1)c1cccc(Cl)c1. The third-order valence-electron chi connectivity index (χ3n) is 4.06. The van der Waals surface area contributed by atoms with Gasteiger partial charge >= 0.3 is 0 Å². The van der Waals surface area contributed by atoms with Crippen LogP contribution >= 0.6 is 11.6 Å². The van der Waals surface area contributed by atoms with Crippen LogP contribution in [0.25, 0.3) is 10.8 Å². The Balaban J connectivity index is 1.58. The minimum absolute atomic E-state index is 0.0147. The number of benzene rings is 3. The summed E-state index contributed by atoms with van der Waals surface area (Å²) in [5.74, 6) is -0.0147. The van der Waals surface area contributed by atoms with Crippen molar-refractivity contribution in [2.24, 2.45) is 0 Å². The van der Waals surface area contributed by atoms with Crippen LogP contribution in [0, 0.1) is 0 Å². The van der Waals surface area contributed by atoms with Crippen molar-refractivity contribution in [2.75, 3.05) is 11.9 Å². The third kappa shape index (κ3) is 4.13. The summed E-state index contributed by atoms with van der Waals surface area (Å²) in [5, 5.41) is 7.95. The van der Waals surface area contributed by atoms with E-state index in [0.717, 1.165) is 22.0 Å².